The van der Waals surface area contributed by atoms with Gasteiger partial charge in [-0.3, -0.25) is 4.79 Å². The lowest BCUT2D eigenvalue weighted by molar-refractivity contribution is 0.0782. The molecule has 0 aliphatic carbocycles. The summed E-state index contributed by atoms with van der Waals surface area (Å²) in [6, 6.07) is 6.22. The van der Waals surface area contributed by atoms with Gasteiger partial charge in [0.05, 0.1) is 0 Å². The van der Waals surface area contributed by atoms with Crippen LogP contribution in [-0.2, 0) is 0 Å². The zero-order chi connectivity index (χ0) is 13.3. The van der Waals surface area contributed by atoms with Crippen LogP contribution in [0, 0.1) is 6.92 Å². The van der Waals surface area contributed by atoms with Gasteiger partial charge in [0.25, 0.3) is 5.91 Å². The molecule has 98 valence electrons. The molecule has 1 unspecified atom stereocenters. The lowest BCUT2D eigenvalue weighted by Crippen LogP contribution is -2.34. The number of benzene rings is 1. The second-order valence-electron chi connectivity index (χ2n) is 5.16. The van der Waals surface area contributed by atoms with Crippen molar-refractivity contribution in [2.45, 2.75) is 24.3 Å². The Bertz CT molecular complexity index is 459. The van der Waals surface area contributed by atoms with E-state index in [1.807, 2.05) is 30.0 Å². The van der Waals surface area contributed by atoms with Crippen LogP contribution < -0.4 is 0 Å². The van der Waals surface area contributed by atoms with E-state index in [1.165, 1.54) is 0 Å². The summed E-state index contributed by atoms with van der Waals surface area (Å²) < 4.78 is 0. The van der Waals surface area contributed by atoms with Gasteiger partial charge in [0.2, 0.25) is 0 Å². The van der Waals surface area contributed by atoms with E-state index in [0.29, 0.717) is 6.04 Å². The minimum absolute atomic E-state index is 0.132. The van der Waals surface area contributed by atoms with E-state index < -0.39 is 0 Å². The molecule has 18 heavy (non-hydrogen) atoms. The molecule has 4 heteroatoms. The lowest BCUT2D eigenvalue weighted by atomic mass is 10.1. The number of nitrogens with zero attached hydrogens (tertiary/aromatic N) is 2. The average molecular weight is 264 g/mol. The second kappa shape index (κ2) is 5.33. The van der Waals surface area contributed by atoms with Crippen molar-refractivity contribution in [1.29, 1.82) is 0 Å². The standard InChI is InChI=1S/C14H20N2OS/c1-10-4-5-12(18)8-13(10)14(17)16-7-6-11(9-16)15(2)3/h4-5,8,11,18H,6-7,9H2,1-3H3. The molecule has 0 spiro atoms. The number of carbonyl (C=O) groups excluding carboxylic acids is 1. The van der Waals surface area contributed by atoms with Gasteiger partial charge in [0, 0.05) is 29.6 Å². The monoisotopic (exact) mass is 264 g/mol. The van der Waals surface area contributed by atoms with Crippen molar-refractivity contribution in [2.24, 2.45) is 0 Å². The topological polar surface area (TPSA) is 23.6 Å². The van der Waals surface area contributed by atoms with Crippen LogP contribution >= 0.6 is 12.6 Å². The van der Waals surface area contributed by atoms with E-state index in [2.05, 4.69) is 31.6 Å². The summed E-state index contributed by atoms with van der Waals surface area (Å²) in [7, 11) is 4.14. The molecule has 0 radical (unpaired) electrons. The molecule has 1 amide bonds. The van der Waals surface area contributed by atoms with Crippen LogP contribution in [-0.4, -0.2) is 48.9 Å². The smallest absolute Gasteiger partial charge is 0.254 e. The fourth-order valence-electron chi connectivity index (χ4n) is 2.36. The summed E-state index contributed by atoms with van der Waals surface area (Å²) in [5.41, 5.74) is 1.80. The Hall–Kier alpha value is -1.00. The molecule has 1 atom stereocenters. The first-order valence-electron chi connectivity index (χ1n) is 6.24. The summed E-state index contributed by atoms with van der Waals surface area (Å²) in [4.78, 5) is 17.4. The lowest BCUT2D eigenvalue weighted by Gasteiger charge is -2.21. The van der Waals surface area contributed by atoms with Gasteiger partial charge < -0.3 is 9.80 Å². The van der Waals surface area contributed by atoms with Gasteiger partial charge in [-0.2, -0.15) is 0 Å². The molecule has 0 saturated carbocycles. The Morgan fingerprint density at radius 1 is 1.44 bits per heavy atom. The van der Waals surface area contributed by atoms with Gasteiger partial charge >= 0.3 is 0 Å². The molecule has 0 N–H and O–H groups in total. The van der Waals surface area contributed by atoms with Crippen molar-refractivity contribution in [3.05, 3.63) is 29.3 Å². The molecule has 1 aliphatic rings. The Balaban J connectivity index is 2.15. The summed E-state index contributed by atoms with van der Waals surface area (Å²) in [5.74, 6) is 0.132. The Kier molecular flexibility index (Phi) is 3.97. The van der Waals surface area contributed by atoms with Crippen molar-refractivity contribution in [3.8, 4) is 0 Å². The molecule has 1 fully saturated rings. The molecule has 0 aromatic heterocycles. The zero-order valence-electron chi connectivity index (χ0n) is 11.2. The number of hydrogen-bond acceptors (Lipinski definition) is 3. The number of amides is 1. The summed E-state index contributed by atoms with van der Waals surface area (Å²) in [6.45, 7) is 3.64. The van der Waals surface area contributed by atoms with E-state index in [4.69, 9.17) is 0 Å². The molecule has 1 heterocycles. The third kappa shape index (κ3) is 2.70. The van der Waals surface area contributed by atoms with Crippen molar-refractivity contribution in [2.75, 3.05) is 27.2 Å². The molecular formula is C14H20N2OS. The van der Waals surface area contributed by atoms with Gasteiger partial charge in [-0.15, -0.1) is 12.6 Å². The third-order valence-electron chi connectivity index (χ3n) is 3.63. The molecule has 1 aromatic rings. The SMILES string of the molecule is Cc1ccc(S)cc1C(=O)N1CCC(N(C)C)C1. The molecule has 1 saturated heterocycles. The van der Waals surface area contributed by atoms with Crippen molar-refractivity contribution < 1.29 is 4.79 Å². The predicted molar refractivity (Wildman–Crippen MR) is 76.4 cm³/mol. The van der Waals surface area contributed by atoms with Crippen LogP contribution in [0.25, 0.3) is 0 Å². The van der Waals surface area contributed by atoms with Crippen molar-refractivity contribution in [3.63, 3.8) is 0 Å². The van der Waals surface area contributed by atoms with Crippen molar-refractivity contribution in [1.82, 2.24) is 9.80 Å². The molecular weight excluding hydrogens is 244 g/mol. The highest BCUT2D eigenvalue weighted by Gasteiger charge is 2.28. The number of hydrogen-bond donors (Lipinski definition) is 1. The van der Waals surface area contributed by atoms with Crippen LogP contribution in [0.1, 0.15) is 22.3 Å². The first-order chi connectivity index (χ1) is 8.49. The maximum atomic E-state index is 12.5. The maximum Gasteiger partial charge on any atom is 0.254 e. The fourth-order valence-corrected chi connectivity index (χ4v) is 2.56. The van der Waals surface area contributed by atoms with Gasteiger partial charge in [-0.1, -0.05) is 6.07 Å². The second-order valence-corrected chi connectivity index (χ2v) is 5.67. The number of aryl methyl sites for hydroxylation is 1. The first kappa shape index (κ1) is 13.4. The maximum absolute atomic E-state index is 12.5. The Morgan fingerprint density at radius 2 is 2.17 bits per heavy atom. The molecule has 1 aromatic carbocycles. The molecule has 0 bridgehead atoms. The molecule has 2 rings (SSSR count). The van der Waals surface area contributed by atoms with E-state index in [-0.39, 0.29) is 5.91 Å². The average Bonchev–Trinajstić information content (AvgIpc) is 2.81. The summed E-state index contributed by atoms with van der Waals surface area (Å²) in [5, 5.41) is 0. The fraction of sp³-hybridized carbons (Fsp3) is 0.500. The number of thiol groups is 1. The Labute approximate surface area is 114 Å². The normalized spacial score (nSPS) is 19.6. The molecule has 3 nitrogen and oxygen atoms in total. The number of likely N-dealkylation sites (N-methyl/N-ethyl adjacent to an activating group) is 1. The molecule has 1 aliphatic heterocycles. The number of likely N-dealkylation sites (tertiary alicyclic amines) is 1. The predicted octanol–water partition coefficient (Wildman–Crippen LogP) is 2.06. The summed E-state index contributed by atoms with van der Waals surface area (Å²) >= 11 is 4.31. The van der Waals surface area contributed by atoms with Crippen molar-refractivity contribution >= 4 is 18.5 Å². The van der Waals surface area contributed by atoms with Gasteiger partial charge in [0.1, 0.15) is 0 Å². The highest BCUT2D eigenvalue weighted by molar-refractivity contribution is 7.80. The Morgan fingerprint density at radius 3 is 2.78 bits per heavy atom. The minimum atomic E-state index is 0.132. The van der Waals surface area contributed by atoms with Crippen LogP contribution in [0.4, 0.5) is 0 Å². The largest absolute Gasteiger partial charge is 0.337 e. The minimum Gasteiger partial charge on any atom is -0.337 e. The third-order valence-corrected chi connectivity index (χ3v) is 3.91. The van der Waals surface area contributed by atoms with Gasteiger partial charge in [0.15, 0.2) is 0 Å². The first-order valence-corrected chi connectivity index (χ1v) is 6.69. The van der Waals surface area contributed by atoms with Gasteiger partial charge in [-0.05, 0) is 45.1 Å². The highest BCUT2D eigenvalue weighted by atomic mass is 32.1. The van der Waals surface area contributed by atoms with Crippen LogP contribution in [0.3, 0.4) is 0 Å². The van der Waals surface area contributed by atoms with Crippen LogP contribution in [0.5, 0.6) is 0 Å². The van der Waals surface area contributed by atoms with E-state index in [1.54, 1.807) is 0 Å². The highest BCUT2D eigenvalue weighted by Crippen LogP contribution is 2.20. The van der Waals surface area contributed by atoms with E-state index in [9.17, 15) is 4.79 Å². The van der Waals surface area contributed by atoms with Gasteiger partial charge in [-0.25, -0.2) is 0 Å². The number of rotatable bonds is 2. The van der Waals surface area contributed by atoms with E-state index in [0.717, 1.165) is 35.5 Å². The summed E-state index contributed by atoms with van der Waals surface area (Å²) in [6.07, 6.45) is 1.05. The van der Waals surface area contributed by atoms with Crippen LogP contribution in [0.2, 0.25) is 0 Å². The zero-order valence-corrected chi connectivity index (χ0v) is 12.1. The van der Waals surface area contributed by atoms with Crippen LogP contribution in [0.15, 0.2) is 23.1 Å². The van der Waals surface area contributed by atoms with E-state index >= 15 is 0 Å². The quantitative estimate of drug-likeness (QED) is 0.827. The number of carbonyl (C=O) groups is 1.